The fourth-order valence-electron chi connectivity index (χ4n) is 2.98. The largest absolute Gasteiger partial charge is 0.399 e. The summed E-state index contributed by atoms with van der Waals surface area (Å²) in [4.78, 5) is 8.72. The first-order chi connectivity index (χ1) is 9.83. The van der Waals surface area contributed by atoms with Gasteiger partial charge in [0.1, 0.15) is 12.1 Å². The molecule has 3 rings (SSSR count). The predicted octanol–water partition coefficient (Wildman–Crippen LogP) is 4.16. The van der Waals surface area contributed by atoms with E-state index < -0.39 is 0 Å². The second kappa shape index (κ2) is 7.46. The molecule has 5 heteroatoms. The van der Waals surface area contributed by atoms with Gasteiger partial charge in [0.2, 0.25) is 0 Å². The highest BCUT2D eigenvalue weighted by molar-refractivity contribution is 5.90. The van der Waals surface area contributed by atoms with E-state index in [2.05, 4.69) is 15.3 Å². The molecule has 0 radical (unpaired) electrons. The van der Waals surface area contributed by atoms with Crippen LogP contribution in [0.3, 0.4) is 0 Å². The summed E-state index contributed by atoms with van der Waals surface area (Å²) in [5, 5.41) is 4.68. The van der Waals surface area contributed by atoms with Crippen molar-refractivity contribution in [1.29, 1.82) is 0 Å². The normalized spacial score (nSPS) is 16.8. The Bertz CT molecular complexity index is 579. The molecule has 0 aliphatic heterocycles. The topological polar surface area (TPSA) is 63.8 Å². The number of aromatic nitrogens is 2. The molecule has 1 saturated carbocycles. The van der Waals surface area contributed by atoms with Crippen molar-refractivity contribution in [2.24, 2.45) is 0 Å². The number of hydrogen-bond acceptors (Lipinski definition) is 4. The van der Waals surface area contributed by atoms with Crippen LogP contribution in [-0.4, -0.2) is 16.0 Å². The van der Waals surface area contributed by atoms with E-state index in [-0.39, 0.29) is 12.4 Å². The van der Waals surface area contributed by atoms with E-state index >= 15 is 0 Å². The summed E-state index contributed by atoms with van der Waals surface area (Å²) in [5.41, 5.74) is 7.47. The van der Waals surface area contributed by atoms with Crippen LogP contribution in [0.5, 0.6) is 0 Å². The Balaban J connectivity index is 0.00000161. The monoisotopic (exact) mass is 306 g/mol. The van der Waals surface area contributed by atoms with E-state index in [1.165, 1.54) is 44.9 Å². The molecule has 2 aromatic rings. The molecule has 1 aliphatic rings. The van der Waals surface area contributed by atoms with E-state index in [0.29, 0.717) is 6.04 Å². The van der Waals surface area contributed by atoms with Gasteiger partial charge in [0.15, 0.2) is 0 Å². The van der Waals surface area contributed by atoms with Crippen LogP contribution in [0.1, 0.15) is 44.9 Å². The smallest absolute Gasteiger partial charge is 0.137 e. The summed E-state index contributed by atoms with van der Waals surface area (Å²) in [6.07, 6.45) is 10.8. The number of rotatable bonds is 2. The zero-order chi connectivity index (χ0) is 13.8. The highest BCUT2D eigenvalue weighted by Gasteiger charge is 2.13. The van der Waals surface area contributed by atoms with Crippen LogP contribution >= 0.6 is 12.4 Å². The van der Waals surface area contributed by atoms with Gasteiger partial charge in [-0.25, -0.2) is 9.97 Å². The third kappa shape index (κ3) is 3.97. The number of nitrogens with two attached hydrogens (primary N) is 1. The molecule has 0 saturated heterocycles. The molecule has 1 heterocycles. The Morgan fingerprint density at radius 1 is 1.00 bits per heavy atom. The standard InChI is InChI=1S/C16H22N4.ClH/c17-12-8-9-14-15(10-12)18-11-19-16(14)20-13-6-4-2-1-3-5-7-13;/h8-11,13H,1-7,17H2,(H,18,19,20);1H. The Hall–Kier alpha value is -1.55. The molecule has 1 fully saturated rings. The average molecular weight is 307 g/mol. The summed E-state index contributed by atoms with van der Waals surface area (Å²) >= 11 is 0. The van der Waals surface area contributed by atoms with Crippen LogP contribution in [0.4, 0.5) is 11.5 Å². The molecule has 0 bridgehead atoms. The van der Waals surface area contributed by atoms with Gasteiger partial charge in [-0.05, 0) is 31.0 Å². The predicted molar refractivity (Wildman–Crippen MR) is 90.9 cm³/mol. The van der Waals surface area contributed by atoms with Crippen LogP contribution in [0, 0.1) is 0 Å². The van der Waals surface area contributed by atoms with Crippen molar-refractivity contribution >= 4 is 34.8 Å². The van der Waals surface area contributed by atoms with Gasteiger partial charge in [0.05, 0.1) is 5.52 Å². The van der Waals surface area contributed by atoms with Gasteiger partial charge in [-0.3, -0.25) is 0 Å². The number of halogens is 1. The Morgan fingerprint density at radius 2 is 1.71 bits per heavy atom. The zero-order valence-corrected chi connectivity index (χ0v) is 13.0. The Kier molecular flexibility index (Phi) is 5.62. The molecule has 3 N–H and O–H groups in total. The second-order valence-corrected chi connectivity index (χ2v) is 5.69. The fourth-order valence-corrected chi connectivity index (χ4v) is 2.98. The first-order valence-corrected chi connectivity index (χ1v) is 7.60. The molecule has 4 nitrogen and oxygen atoms in total. The van der Waals surface area contributed by atoms with Gasteiger partial charge in [-0.15, -0.1) is 12.4 Å². The lowest BCUT2D eigenvalue weighted by Gasteiger charge is -2.22. The van der Waals surface area contributed by atoms with Gasteiger partial charge in [-0.1, -0.05) is 32.1 Å². The number of benzene rings is 1. The quantitative estimate of drug-likeness (QED) is 0.818. The van der Waals surface area contributed by atoms with Gasteiger partial charge < -0.3 is 11.1 Å². The van der Waals surface area contributed by atoms with Gasteiger partial charge in [0.25, 0.3) is 0 Å². The molecule has 0 atom stereocenters. The lowest BCUT2D eigenvalue weighted by Crippen LogP contribution is -2.21. The van der Waals surface area contributed by atoms with Crippen LogP contribution in [0.15, 0.2) is 24.5 Å². The highest BCUT2D eigenvalue weighted by Crippen LogP contribution is 2.25. The number of nitrogens with one attached hydrogen (secondary N) is 1. The van der Waals surface area contributed by atoms with Crippen LogP contribution in [-0.2, 0) is 0 Å². The third-order valence-corrected chi connectivity index (χ3v) is 4.11. The zero-order valence-electron chi connectivity index (χ0n) is 12.2. The summed E-state index contributed by atoms with van der Waals surface area (Å²) in [7, 11) is 0. The minimum Gasteiger partial charge on any atom is -0.399 e. The third-order valence-electron chi connectivity index (χ3n) is 4.11. The van der Waals surface area contributed by atoms with Crippen LogP contribution < -0.4 is 11.1 Å². The highest BCUT2D eigenvalue weighted by atomic mass is 35.5. The number of fused-ring (bicyclic) bond motifs is 1. The summed E-state index contributed by atoms with van der Waals surface area (Å²) in [5.74, 6) is 0.945. The van der Waals surface area contributed by atoms with Crippen molar-refractivity contribution in [2.45, 2.75) is 51.0 Å². The van der Waals surface area contributed by atoms with E-state index in [9.17, 15) is 0 Å². The maximum atomic E-state index is 5.82. The molecular weight excluding hydrogens is 284 g/mol. The fraction of sp³-hybridized carbons (Fsp3) is 0.500. The average Bonchev–Trinajstić information content (AvgIpc) is 2.41. The van der Waals surface area contributed by atoms with Crippen molar-refractivity contribution in [3.05, 3.63) is 24.5 Å². The van der Waals surface area contributed by atoms with Crippen molar-refractivity contribution < 1.29 is 0 Å². The number of nitrogen functional groups attached to an aromatic ring is 1. The number of anilines is 2. The van der Waals surface area contributed by atoms with Gasteiger partial charge >= 0.3 is 0 Å². The van der Waals surface area contributed by atoms with Crippen LogP contribution in [0.2, 0.25) is 0 Å². The molecular formula is C16H23ClN4. The summed E-state index contributed by atoms with van der Waals surface area (Å²) in [6, 6.07) is 6.36. The molecule has 21 heavy (non-hydrogen) atoms. The van der Waals surface area contributed by atoms with Gasteiger partial charge in [0, 0.05) is 17.1 Å². The lowest BCUT2D eigenvalue weighted by atomic mass is 9.96. The van der Waals surface area contributed by atoms with Crippen molar-refractivity contribution in [3.63, 3.8) is 0 Å². The molecule has 114 valence electrons. The van der Waals surface area contributed by atoms with E-state index in [0.717, 1.165) is 22.4 Å². The second-order valence-electron chi connectivity index (χ2n) is 5.69. The van der Waals surface area contributed by atoms with E-state index in [4.69, 9.17) is 5.73 Å². The summed E-state index contributed by atoms with van der Waals surface area (Å²) in [6.45, 7) is 0. The molecule has 1 aromatic carbocycles. The van der Waals surface area contributed by atoms with E-state index in [1.54, 1.807) is 6.33 Å². The Labute approximate surface area is 132 Å². The lowest BCUT2D eigenvalue weighted by molar-refractivity contribution is 0.471. The maximum Gasteiger partial charge on any atom is 0.137 e. The van der Waals surface area contributed by atoms with E-state index in [1.807, 2.05) is 18.2 Å². The van der Waals surface area contributed by atoms with Crippen LogP contribution in [0.25, 0.3) is 10.9 Å². The van der Waals surface area contributed by atoms with Crippen molar-refractivity contribution in [2.75, 3.05) is 11.1 Å². The first kappa shape index (κ1) is 15.8. The molecule has 0 amide bonds. The van der Waals surface area contributed by atoms with Gasteiger partial charge in [-0.2, -0.15) is 0 Å². The number of nitrogens with zero attached hydrogens (tertiary/aromatic N) is 2. The maximum absolute atomic E-state index is 5.82. The minimum atomic E-state index is 0. The first-order valence-electron chi connectivity index (χ1n) is 7.60. The SMILES string of the molecule is Cl.Nc1ccc2c(NC3CCCCCCC3)ncnc2c1. The molecule has 0 unspecified atom stereocenters. The minimum absolute atomic E-state index is 0. The molecule has 1 aliphatic carbocycles. The van der Waals surface area contributed by atoms with Crippen molar-refractivity contribution in [3.8, 4) is 0 Å². The van der Waals surface area contributed by atoms with Crippen molar-refractivity contribution in [1.82, 2.24) is 9.97 Å². The molecule has 1 aromatic heterocycles. The molecule has 0 spiro atoms. The number of hydrogen-bond donors (Lipinski definition) is 2. The summed E-state index contributed by atoms with van der Waals surface area (Å²) < 4.78 is 0. The Morgan fingerprint density at radius 3 is 2.48 bits per heavy atom.